The van der Waals surface area contributed by atoms with Gasteiger partial charge in [0.25, 0.3) is 5.91 Å². The maximum Gasteiger partial charge on any atom is 0.255 e. The topological polar surface area (TPSA) is 66.5 Å². The van der Waals surface area contributed by atoms with Gasteiger partial charge in [-0.05, 0) is 55.3 Å². The highest BCUT2D eigenvalue weighted by atomic mass is 79.9. The van der Waals surface area contributed by atoms with Crippen molar-refractivity contribution in [1.29, 1.82) is 0 Å². The number of nitrogens with one attached hydrogen (secondary N) is 1. The summed E-state index contributed by atoms with van der Waals surface area (Å²) in [5.41, 5.74) is 1.78. The van der Waals surface area contributed by atoms with Gasteiger partial charge in [-0.3, -0.25) is 9.10 Å². The largest absolute Gasteiger partial charge is 0.322 e. The normalized spacial score (nSPS) is 16.6. The molecule has 1 fully saturated rings. The lowest BCUT2D eigenvalue weighted by Gasteiger charge is -2.28. The monoisotopic (exact) mass is 408 g/mol. The van der Waals surface area contributed by atoms with Gasteiger partial charge in [0.2, 0.25) is 10.0 Å². The molecule has 0 spiro atoms. The zero-order valence-corrected chi connectivity index (χ0v) is 15.3. The molecule has 1 amide bonds. The fraction of sp³-hybridized carbons (Fsp3) is 0.235. The van der Waals surface area contributed by atoms with Crippen molar-refractivity contribution < 1.29 is 13.2 Å². The predicted molar refractivity (Wildman–Crippen MR) is 98.9 cm³/mol. The van der Waals surface area contributed by atoms with Gasteiger partial charge in [0.1, 0.15) is 0 Å². The number of amides is 1. The Balaban J connectivity index is 1.75. The molecule has 1 heterocycles. The molecule has 1 aliphatic rings. The molecule has 0 atom stereocenters. The molecule has 2 aromatic carbocycles. The Morgan fingerprint density at radius 3 is 2.50 bits per heavy atom. The molecule has 2 aromatic rings. The van der Waals surface area contributed by atoms with Gasteiger partial charge in [0.15, 0.2) is 0 Å². The van der Waals surface area contributed by atoms with Crippen molar-refractivity contribution in [3.8, 4) is 0 Å². The van der Waals surface area contributed by atoms with Crippen LogP contribution < -0.4 is 9.62 Å². The second-order valence-electron chi connectivity index (χ2n) is 5.61. The lowest BCUT2D eigenvalue weighted by Crippen LogP contribution is -2.37. The lowest BCUT2D eigenvalue weighted by molar-refractivity contribution is 0.102. The van der Waals surface area contributed by atoms with Crippen LogP contribution in [0.1, 0.15) is 23.2 Å². The average molecular weight is 409 g/mol. The second kappa shape index (κ2) is 6.94. The van der Waals surface area contributed by atoms with Gasteiger partial charge in [-0.1, -0.05) is 22.0 Å². The van der Waals surface area contributed by atoms with E-state index in [2.05, 4.69) is 21.2 Å². The highest BCUT2D eigenvalue weighted by molar-refractivity contribution is 9.10. The number of hydrogen-bond acceptors (Lipinski definition) is 3. The van der Waals surface area contributed by atoms with Crippen molar-refractivity contribution in [3.05, 3.63) is 58.6 Å². The number of rotatable bonds is 3. The summed E-state index contributed by atoms with van der Waals surface area (Å²) in [6.07, 6.45) is 1.55. The molecule has 0 unspecified atom stereocenters. The Morgan fingerprint density at radius 2 is 1.83 bits per heavy atom. The van der Waals surface area contributed by atoms with Crippen LogP contribution in [0.15, 0.2) is 53.0 Å². The molecule has 0 bridgehead atoms. The molecule has 3 rings (SSSR count). The van der Waals surface area contributed by atoms with Crippen molar-refractivity contribution in [2.75, 3.05) is 21.9 Å². The Bertz CT molecular complexity index is 850. The van der Waals surface area contributed by atoms with E-state index in [-0.39, 0.29) is 11.7 Å². The SMILES string of the molecule is O=C(Nc1cccc(Br)c1)c1ccc(N2CCCCS2(=O)=O)cc1. The Morgan fingerprint density at radius 1 is 1.08 bits per heavy atom. The number of halogens is 1. The van der Waals surface area contributed by atoms with Crippen LogP contribution in [0.5, 0.6) is 0 Å². The van der Waals surface area contributed by atoms with E-state index in [1.54, 1.807) is 30.3 Å². The van der Waals surface area contributed by atoms with Crippen LogP contribution in [-0.4, -0.2) is 26.6 Å². The summed E-state index contributed by atoms with van der Waals surface area (Å²) in [4.78, 5) is 12.3. The van der Waals surface area contributed by atoms with E-state index < -0.39 is 10.0 Å². The Labute approximate surface area is 149 Å². The zero-order chi connectivity index (χ0) is 17.2. The van der Waals surface area contributed by atoms with E-state index in [9.17, 15) is 13.2 Å². The Hall–Kier alpha value is -1.86. The van der Waals surface area contributed by atoms with Gasteiger partial charge in [-0.25, -0.2) is 8.42 Å². The van der Waals surface area contributed by atoms with Crippen LogP contribution in [0, 0.1) is 0 Å². The van der Waals surface area contributed by atoms with Crippen LogP contribution in [0.3, 0.4) is 0 Å². The van der Waals surface area contributed by atoms with Crippen LogP contribution in [0.2, 0.25) is 0 Å². The third-order valence-corrected chi connectivity index (χ3v) is 6.21. The first-order chi connectivity index (χ1) is 11.5. The smallest absolute Gasteiger partial charge is 0.255 e. The van der Waals surface area contributed by atoms with Gasteiger partial charge >= 0.3 is 0 Å². The molecule has 0 saturated carbocycles. The summed E-state index contributed by atoms with van der Waals surface area (Å²) in [6, 6.07) is 14.0. The lowest BCUT2D eigenvalue weighted by atomic mass is 10.2. The molecule has 7 heteroatoms. The fourth-order valence-electron chi connectivity index (χ4n) is 2.63. The van der Waals surface area contributed by atoms with Crippen LogP contribution >= 0.6 is 15.9 Å². The Kier molecular flexibility index (Phi) is 4.91. The van der Waals surface area contributed by atoms with E-state index in [1.165, 1.54) is 4.31 Å². The molecule has 1 aliphatic heterocycles. The first-order valence-corrected chi connectivity index (χ1v) is 10.0. The number of hydrogen-bond donors (Lipinski definition) is 1. The predicted octanol–water partition coefficient (Wildman–Crippen LogP) is 3.63. The maximum atomic E-state index is 12.3. The molecule has 0 aromatic heterocycles. The van der Waals surface area contributed by atoms with Crippen molar-refractivity contribution in [1.82, 2.24) is 0 Å². The fourth-order valence-corrected chi connectivity index (χ4v) is 4.67. The minimum atomic E-state index is -3.24. The van der Waals surface area contributed by atoms with Gasteiger partial charge in [-0.2, -0.15) is 0 Å². The number of carbonyl (C=O) groups is 1. The number of carbonyl (C=O) groups excluding carboxylic acids is 1. The van der Waals surface area contributed by atoms with Crippen molar-refractivity contribution in [3.63, 3.8) is 0 Å². The zero-order valence-electron chi connectivity index (χ0n) is 12.9. The molecule has 5 nitrogen and oxygen atoms in total. The van der Waals surface area contributed by atoms with Gasteiger partial charge < -0.3 is 5.32 Å². The highest BCUT2D eigenvalue weighted by Crippen LogP contribution is 2.24. The van der Waals surface area contributed by atoms with Crippen molar-refractivity contribution in [2.45, 2.75) is 12.8 Å². The highest BCUT2D eigenvalue weighted by Gasteiger charge is 2.25. The van der Waals surface area contributed by atoms with E-state index in [4.69, 9.17) is 0 Å². The molecule has 1 N–H and O–H groups in total. The van der Waals surface area contributed by atoms with Crippen LogP contribution in [-0.2, 0) is 10.0 Å². The quantitative estimate of drug-likeness (QED) is 0.842. The molecular formula is C17H17BrN2O3S. The standard InChI is InChI=1S/C17H17BrN2O3S/c18-14-4-3-5-15(12-14)19-17(21)13-6-8-16(9-7-13)20-10-1-2-11-24(20,22)23/h3-9,12H,1-2,10-11H2,(H,19,21). The summed E-state index contributed by atoms with van der Waals surface area (Å²) in [6.45, 7) is 0.492. The minimum Gasteiger partial charge on any atom is -0.322 e. The first kappa shape index (κ1) is 17.0. The van der Waals surface area contributed by atoms with E-state index in [0.717, 1.165) is 10.9 Å². The summed E-state index contributed by atoms with van der Waals surface area (Å²) < 4.78 is 26.5. The molecule has 1 saturated heterocycles. The average Bonchev–Trinajstić information content (AvgIpc) is 2.55. The molecule has 24 heavy (non-hydrogen) atoms. The summed E-state index contributed by atoms with van der Waals surface area (Å²) in [5, 5.41) is 2.81. The molecule has 0 radical (unpaired) electrons. The van der Waals surface area contributed by atoms with Gasteiger partial charge in [0, 0.05) is 22.3 Å². The number of benzene rings is 2. The third kappa shape index (κ3) is 3.79. The van der Waals surface area contributed by atoms with Crippen molar-refractivity contribution >= 4 is 43.2 Å². The molecule has 0 aliphatic carbocycles. The second-order valence-corrected chi connectivity index (χ2v) is 8.54. The summed E-state index contributed by atoms with van der Waals surface area (Å²) in [7, 11) is -3.24. The first-order valence-electron chi connectivity index (χ1n) is 7.63. The summed E-state index contributed by atoms with van der Waals surface area (Å²) in [5.74, 6) is -0.0564. The molecule has 126 valence electrons. The van der Waals surface area contributed by atoms with E-state index >= 15 is 0 Å². The van der Waals surface area contributed by atoms with Crippen molar-refractivity contribution in [2.24, 2.45) is 0 Å². The summed E-state index contributed by atoms with van der Waals surface area (Å²) >= 11 is 3.36. The van der Waals surface area contributed by atoms with E-state index in [0.29, 0.717) is 29.9 Å². The van der Waals surface area contributed by atoms with Gasteiger partial charge in [-0.15, -0.1) is 0 Å². The maximum absolute atomic E-state index is 12.3. The minimum absolute atomic E-state index is 0.179. The van der Waals surface area contributed by atoms with E-state index in [1.807, 2.05) is 18.2 Å². The third-order valence-electron chi connectivity index (χ3n) is 3.85. The molecular weight excluding hydrogens is 392 g/mol. The van der Waals surface area contributed by atoms with Crippen LogP contribution in [0.4, 0.5) is 11.4 Å². The number of nitrogens with zero attached hydrogens (tertiary/aromatic N) is 1. The number of sulfonamides is 1. The van der Waals surface area contributed by atoms with Gasteiger partial charge in [0.05, 0.1) is 11.4 Å². The number of anilines is 2. The van der Waals surface area contributed by atoms with Crippen LogP contribution in [0.25, 0.3) is 0 Å².